The Morgan fingerprint density at radius 3 is 2.94 bits per heavy atom. The zero-order chi connectivity index (χ0) is 23.5. The summed E-state index contributed by atoms with van der Waals surface area (Å²) >= 11 is 6.43. The molecule has 3 N–H and O–H groups in total. The lowest BCUT2D eigenvalue weighted by molar-refractivity contribution is -0.141. The first-order valence-electron chi connectivity index (χ1n) is 11.8. The van der Waals surface area contributed by atoms with Crippen LogP contribution >= 0.6 is 11.6 Å². The maximum Gasteiger partial charge on any atom is 0.244 e. The maximum atomic E-state index is 13.6. The van der Waals surface area contributed by atoms with Gasteiger partial charge in [0, 0.05) is 47.0 Å². The number of hydrogen-bond acceptors (Lipinski definition) is 6. The van der Waals surface area contributed by atoms with E-state index in [1.165, 1.54) is 12.8 Å². The number of rotatable bonds is 4. The molecular formula is C25H29ClN6O2. The lowest BCUT2D eigenvalue weighted by atomic mass is 10.0. The molecule has 0 unspecified atom stereocenters. The fourth-order valence-corrected chi connectivity index (χ4v) is 5.29. The quantitative estimate of drug-likeness (QED) is 0.530. The van der Waals surface area contributed by atoms with Gasteiger partial charge in [0.05, 0.1) is 41.7 Å². The summed E-state index contributed by atoms with van der Waals surface area (Å²) in [5.74, 6) is 0.840. The van der Waals surface area contributed by atoms with Crippen LogP contribution in [-0.2, 0) is 9.53 Å². The Bertz CT molecular complexity index is 1310. The Morgan fingerprint density at radius 2 is 2.18 bits per heavy atom. The first-order valence-corrected chi connectivity index (χ1v) is 12.2. The predicted molar refractivity (Wildman–Crippen MR) is 135 cm³/mol. The number of aliphatic imine (C=N–C) groups is 1. The van der Waals surface area contributed by atoms with E-state index in [1.807, 2.05) is 12.1 Å². The molecule has 178 valence electrons. The van der Waals surface area contributed by atoms with Gasteiger partial charge in [0.25, 0.3) is 0 Å². The highest BCUT2D eigenvalue weighted by atomic mass is 35.5. The predicted octanol–water partition coefficient (Wildman–Crippen LogP) is 3.57. The molecule has 1 atom stereocenters. The average Bonchev–Trinajstić information content (AvgIpc) is 3.45. The highest BCUT2D eigenvalue weighted by molar-refractivity contribution is 6.33. The number of morpholine rings is 1. The number of aromatic nitrogens is 2. The number of pyridine rings is 1. The Hall–Kier alpha value is -2.68. The summed E-state index contributed by atoms with van der Waals surface area (Å²) in [6, 6.07) is 5.20. The van der Waals surface area contributed by atoms with E-state index in [9.17, 15) is 4.79 Å². The molecule has 1 aromatic carbocycles. The number of hydrogen-bond donors (Lipinski definition) is 3. The van der Waals surface area contributed by atoms with Crippen LogP contribution in [0.3, 0.4) is 0 Å². The number of amides is 1. The second-order valence-electron chi connectivity index (χ2n) is 10.5. The van der Waals surface area contributed by atoms with Gasteiger partial charge in [-0.3, -0.25) is 19.7 Å². The molecule has 2 aliphatic heterocycles. The minimum Gasteiger partial charge on any atom is -0.372 e. The molecule has 2 aromatic heterocycles. The summed E-state index contributed by atoms with van der Waals surface area (Å²) in [6.07, 6.45) is 6.03. The van der Waals surface area contributed by atoms with E-state index in [2.05, 4.69) is 39.3 Å². The molecule has 3 aliphatic rings. The van der Waals surface area contributed by atoms with Gasteiger partial charge in [0.2, 0.25) is 5.91 Å². The van der Waals surface area contributed by atoms with Gasteiger partial charge in [-0.2, -0.15) is 0 Å². The van der Waals surface area contributed by atoms with Crippen LogP contribution in [0.4, 0.5) is 5.69 Å². The lowest BCUT2D eigenvalue weighted by Crippen LogP contribution is -2.60. The van der Waals surface area contributed by atoms with E-state index in [0.717, 1.165) is 40.7 Å². The van der Waals surface area contributed by atoms with Crippen molar-refractivity contribution in [3.8, 4) is 0 Å². The molecule has 4 heterocycles. The molecule has 6 rings (SSSR count). The molecule has 0 radical (unpaired) electrons. The fraction of sp³-hybridized carbons (Fsp3) is 0.480. The number of carbonyl (C=O) groups excluding carboxylic acids is 1. The van der Waals surface area contributed by atoms with Crippen molar-refractivity contribution in [3.63, 3.8) is 0 Å². The van der Waals surface area contributed by atoms with Gasteiger partial charge in [-0.05, 0) is 44.9 Å². The number of nitrogens with one attached hydrogen (secondary N) is 3. The third-order valence-corrected chi connectivity index (χ3v) is 7.49. The summed E-state index contributed by atoms with van der Waals surface area (Å²) < 4.78 is 6.05. The van der Waals surface area contributed by atoms with E-state index in [0.29, 0.717) is 35.8 Å². The molecule has 8 nitrogen and oxygen atoms in total. The van der Waals surface area contributed by atoms with Crippen LogP contribution in [0.2, 0.25) is 5.02 Å². The zero-order valence-corrected chi connectivity index (χ0v) is 20.2. The van der Waals surface area contributed by atoms with Crippen LogP contribution in [0.25, 0.3) is 21.8 Å². The Balaban J connectivity index is 1.26. The van der Waals surface area contributed by atoms with E-state index >= 15 is 0 Å². The molecule has 1 spiro atoms. The van der Waals surface area contributed by atoms with Crippen LogP contribution < -0.4 is 10.6 Å². The number of anilines is 1. The number of halogens is 1. The van der Waals surface area contributed by atoms with Crippen molar-refractivity contribution in [2.75, 3.05) is 38.1 Å². The summed E-state index contributed by atoms with van der Waals surface area (Å²) in [5.41, 5.74) is 2.43. The molecule has 1 saturated carbocycles. The Labute approximate surface area is 203 Å². The van der Waals surface area contributed by atoms with Crippen molar-refractivity contribution in [1.82, 2.24) is 20.2 Å². The van der Waals surface area contributed by atoms with Gasteiger partial charge in [-0.15, -0.1) is 0 Å². The van der Waals surface area contributed by atoms with Gasteiger partial charge in [-0.25, -0.2) is 0 Å². The van der Waals surface area contributed by atoms with Gasteiger partial charge in [0.1, 0.15) is 11.9 Å². The van der Waals surface area contributed by atoms with Crippen LogP contribution in [0.15, 0.2) is 35.6 Å². The Morgan fingerprint density at radius 1 is 1.32 bits per heavy atom. The van der Waals surface area contributed by atoms with Crippen molar-refractivity contribution in [2.24, 2.45) is 10.4 Å². The fourth-order valence-electron chi connectivity index (χ4n) is 5.07. The number of ether oxygens (including phenoxy) is 1. The number of amidine groups is 1. The van der Waals surface area contributed by atoms with Crippen LogP contribution in [0.1, 0.15) is 26.7 Å². The van der Waals surface area contributed by atoms with Gasteiger partial charge >= 0.3 is 0 Å². The highest BCUT2D eigenvalue weighted by Crippen LogP contribution is 2.46. The van der Waals surface area contributed by atoms with Gasteiger partial charge < -0.3 is 20.4 Å². The minimum atomic E-state index is -0.436. The van der Waals surface area contributed by atoms with Crippen molar-refractivity contribution < 1.29 is 9.53 Å². The average molecular weight is 481 g/mol. The minimum absolute atomic E-state index is 0.120. The Kier molecular flexibility index (Phi) is 5.09. The molecule has 34 heavy (non-hydrogen) atoms. The van der Waals surface area contributed by atoms with Crippen LogP contribution in [-0.4, -0.2) is 71.0 Å². The lowest BCUT2D eigenvalue weighted by Gasteiger charge is -2.43. The van der Waals surface area contributed by atoms with Crippen molar-refractivity contribution in [2.45, 2.75) is 38.3 Å². The number of H-pyrrole nitrogens is 1. The highest BCUT2D eigenvalue weighted by Gasteiger charge is 2.45. The van der Waals surface area contributed by atoms with Crippen molar-refractivity contribution in [3.05, 3.63) is 35.6 Å². The number of benzene rings is 1. The molecule has 0 bridgehead atoms. The third kappa shape index (κ3) is 4.04. The van der Waals surface area contributed by atoms with Gasteiger partial charge in [-0.1, -0.05) is 11.6 Å². The molecular weight excluding hydrogens is 452 g/mol. The molecule has 1 saturated heterocycles. The molecule has 2 fully saturated rings. The standard InChI is InChI=1S/C25H29ClN6O2/c1-24(2)14-32(10-21-28-12-25(4-5-25)13-29-21)20(11-34-24)23(33)31-18-8-15(26)7-17-16-3-6-27-9-19(16)30-22(17)18/h3,6-9,20,30H,4-5,10-14H2,1-2H3,(H,28,29)(H,31,33)/t20-/m0/s1. The SMILES string of the molecule is CC1(C)CN(CC2=NCC3(CC3)CN2)[C@H](C(=O)Nc2cc(Cl)cc3c2[nH]c2cnccc23)CO1. The van der Waals surface area contributed by atoms with E-state index < -0.39 is 6.04 Å². The van der Waals surface area contributed by atoms with Crippen LogP contribution in [0, 0.1) is 5.41 Å². The molecule has 3 aromatic rings. The van der Waals surface area contributed by atoms with E-state index in [4.69, 9.17) is 21.3 Å². The summed E-state index contributed by atoms with van der Waals surface area (Å²) in [5, 5.41) is 9.16. The number of aromatic amines is 1. The monoisotopic (exact) mass is 480 g/mol. The summed E-state index contributed by atoms with van der Waals surface area (Å²) in [4.78, 5) is 28.1. The summed E-state index contributed by atoms with van der Waals surface area (Å²) in [7, 11) is 0. The summed E-state index contributed by atoms with van der Waals surface area (Å²) in [6.45, 7) is 7.53. The number of fused-ring (bicyclic) bond motifs is 3. The van der Waals surface area contributed by atoms with Gasteiger partial charge in [0.15, 0.2) is 0 Å². The van der Waals surface area contributed by atoms with Crippen LogP contribution in [0.5, 0.6) is 0 Å². The number of nitrogens with zero attached hydrogens (tertiary/aromatic N) is 3. The van der Waals surface area contributed by atoms with Crippen molar-refractivity contribution in [1.29, 1.82) is 0 Å². The topological polar surface area (TPSA) is 94.6 Å². The largest absolute Gasteiger partial charge is 0.372 e. The molecule has 1 amide bonds. The maximum absolute atomic E-state index is 13.6. The molecule has 1 aliphatic carbocycles. The second kappa shape index (κ2) is 7.93. The van der Waals surface area contributed by atoms with E-state index in [-0.39, 0.29) is 11.5 Å². The normalized spacial score (nSPS) is 23.6. The molecule has 9 heteroatoms. The second-order valence-corrected chi connectivity index (χ2v) is 11.0. The third-order valence-electron chi connectivity index (χ3n) is 7.27. The first-order chi connectivity index (χ1) is 16.3. The smallest absolute Gasteiger partial charge is 0.244 e. The zero-order valence-electron chi connectivity index (χ0n) is 19.4. The van der Waals surface area contributed by atoms with Crippen molar-refractivity contribution >= 4 is 50.8 Å². The first kappa shape index (κ1) is 21.8. The van der Waals surface area contributed by atoms with E-state index in [1.54, 1.807) is 18.5 Å². The number of carbonyl (C=O) groups is 1.